The van der Waals surface area contributed by atoms with Gasteiger partial charge in [-0.3, -0.25) is 29.1 Å². The fourth-order valence-electron chi connectivity index (χ4n) is 14.5. The van der Waals surface area contributed by atoms with E-state index >= 15 is 0 Å². The molecule has 88 heavy (non-hydrogen) atoms. The molecule has 7 heterocycles. The van der Waals surface area contributed by atoms with Gasteiger partial charge in [0.05, 0.1) is 67.6 Å². The molecule has 2 N–H and O–H groups in total. The zero-order valence-corrected chi connectivity index (χ0v) is 55.3. The minimum atomic E-state index is -0.684. The molecule has 0 amide bonds. The van der Waals surface area contributed by atoms with E-state index in [-0.39, 0.29) is 67.8 Å². The maximum atomic E-state index is 13.5. The van der Waals surface area contributed by atoms with Gasteiger partial charge >= 0.3 is 33.1 Å². The van der Waals surface area contributed by atoms with Gasteiger partial charge in [-0.15, -0.1) is 0 Å². The van der Waals surface area contributed by atoms with Crippen molar-refractivity contribution in [2.24, 2.45) is 34.5 Å². The summed E-state index contributed by atoms with van der Waals surface area (Å²) in [5.41, 5.74) is 6.55. The van der Waals surface area contributed by atoms with Gasteiger partial charge in [-0.25, -0.2) is 0 Å². The van der Waals surface area contributed by atoms with Crippen LogP contribution in [0, 0.1) is 48.3 Å². The summed E-state index contributed by atoms with van der Waals surface area (Å²) >= 11 is 3.48. The standard InChI is InChI=1S/C31H37BN2O5.C25H25BrN2O3.C12H24B2O4/c1-19-24-10-11-34(18-20-6-8-23(9-7-20)32-38-29(2,3)30(4,5)39-32)27(24)25(17-33-19)26(35)12-21-13-31(14-21)15-22(16-31)28(36)37;1-15-20-6-7-28(14-16-2-4-19(26)5-3-16)23(20)21(13-27-15)22(29)8-17-9-25(10-17)11-18(12-25)24(30)31;1-9(2)10(3,4)16-13(15-9)14-17-11(5,6)12(7,8)18-14/h6-11,17,21-22H,12-16,18H2,1-5H3,(H,36,37);2-7,13,17-18H,8-12,14H2,1H3,(H,30,31);1-8H3. The number of hydrogen-bond donors (Lipinski definition) is 2. The molecular weight excluding hydrogens is 1180 g/mol. The van der Waals surface area contributed by atoms with Crippen LogP contribution in [0.1, 0.15) is 191 Å². The third kappa shape index (κ3) is 12.3. The van der Waals surface area contributed by atoms with Crippen LogP contribution < -0.4 is 5.46 Å². The van der Waals surface area contributed by atoms with Crippen molar-refractivity contribution >= 4 is 87.8 Å². The van der Waals surface area contributed by atoms with Crippen LogP contribution in [0.2, 0.25) is 0 Å². The fraction of sp³-hybridized carbons (Fsp3) is 0.559. The fourth-order valence-corrected chi connectivity index (χ4v) is 14.7. The van der Waals surface area contributed by atoms with E-state index in [9.17, 15) is 24.3 Å². The number of aliphatic carboxylic acids is 2. The average molecular weight is 1260 g/mol. The lowest BCUT2D eigenvalue weighted by Crippen LogP contribution is -2.50. The normalized spacial score (nSPS) is 27.2. The molecule has 4 aromatic heterocycles. The lowest BCUT2D eigenvalue weighted by atomic mass is 9.47. The van der Waals surface area contributed by atoms with Crippen molar-refractivity contribution in [2.75, 3.05) is 0 Å². The minimum absolute atomic E-state index is 0.123. The van der Waals surface area contributed by atoms with Crippen LogP contribution in [0.5, 0.6) is 0 Å². The zero-order valence-electron chi connectivity index (χ0n) is 53.8. The van der Waals surface area contributed by atoms with Crippen LogP contribution in [0.4, 0.5) is 0 Å². The predicted molar refractivity (Wildman–Crippen MR) is 345 cm³/mol. The number of fused-ring (bicyclic) bond motifs is 2. The molecule has 2 spiro atoms. The van der Waals surface area contributed by atoms with Gasteiger partial charge in [0.1, 0.15) is 0 Å². The topological polar surface area (TPSA) is 200 Å². The minimum Gasteiger partial charge on any atom is -0.481 e. The van der Waals surface area contributed by atoms with Gasteiger partial charge in [0, 0.05) is 77.4 Å². The molecule has 2 aromatic carbocycles. The molecule has 6 aromatic rings. The van der Waals surface area contributed by atoms with Gasteiger partial charge in [-0.2, -0.15) is 0 Å². The Morgan fingerprint density at radius 1 is 0.500 bits per heavy atom. The van der Waals surface area contributed by atoms with Crippen molar-refractivity contribution in [2.45, 2.75) is 208 Å². The number of carbonyl (C=O) groups is 4. The summed E-state index contributed by atoms with van der Waals surface area (Å²) in [6.07, 6.45) is 15.5. The number of aryl methyl sites for hydroxylation is 2. The van der Waals surface area contributed by atoms with E-state index in [2.05, 4.69) is 99.1 Å². The number of benzene rings is 2. The zero-order chi connectivity index (χ0) is 63.5. The Morgan fingerprint density at radius 2 is 0.830 bits per heavy atom. The molecule has 0 bridgehead atoms. The maximum Gasteiger partial charge on any atom is 0.494 e. The van der Waals surface area contributed by atoms with E-state index in [1.165, 1.54) is 5.56 Å². The molecule has 7 aliphatic rings. The molecule has 4 aliphatic carbocycles. The molecule has 4 saturated carbocycles. The van der Waals surface area contributed by atoms with Crippen LogP contribution in [-0.4, -0.2) is 108 Å². The Morgan fingerprint density at radius 3 is 1.17 bits per heavy atom. The number of Topliss-reactive ketones (excluding diaryl/α,β-unsaturated/α-hetero) is 2. The Bertz CT molecular complexity index is 3580. The van der Waals surface area contributed by atoms with Gasteiger partial charge in [0.15, 0.2) is 11.6 Å². The highest BCUT2D eigenvalue weighted by Crippen LogP contribution is 2.63. The number of ketones is 2. The molecule has 0 radical (unpaired) electrons. The number of aromatic nitrogens is 4. The van der Waals surface area contributed by atoms with E-state index in [4.69, 9.17) is 33.0 Å². The first kappa shape index (κ1) is 64.1. The largest absolute Gasteiger partial charge is 0.494 e. The number of carboxylic acids is 2. The third-order valence-electron chi connectivity index (χ3n) is 21.7. The highest BCUT2D eigenvalue weighted by Gasteiger charge is 2.64. The van der Waals surface area contributed by atoms with Gasteiger partial charge in [0.25, 0.3) is 0 Å². The van der Waals surface area contributed by atoms with E-state index in [0.29, 0.717) is 48.9 Å². The van der Waals surface area contributed by atoms with Gasteiger partial charge < -0.3 is 47.3 Å². The van der Waals surface area contributed by atoms with E-state index in [0.717, 1.165) is 100 Å². The number of rotatable bonds is 14. The molecule has 466 valence electrons. The third-order valence-corrected chi connectivity index (χ3v) is 22.3. The van der Waals surface area contributed by atoms with Crippen molar-refractivity contribution in [1.29, 1.82) is 0 Å². The molecule has 0 atom stereocenters. The van der Waals surface area contributed by atoms with Gasteiger partial charge in [0.2, 0.25) is 0 Å². The van der Waals surface area contributed by atoms with Gasteiger partial charge in [-0.1, -0.05) is 52.3 Å². The Hall–Kier alpha value is -5.47. The number of pyridine rings is 2. The summed E-state index contributed by atoms with van der Waals surface area (Å²) in [5.74, 6) is -0.791. The number of nitrogens with zero attached hydrogens (tertiary/aromatic N) is 4. The maximum absolute atomic E-state index is 13.5. The van der Waals surface area contributed by atoms with Crippen molar-refractivity contribution in [3.05, 3.63) is 124 Å². The van der Waals surface area contributed by atoms with Crippen molar-refractivity contribution in [3.63, 3.8) is 0 Å². The van der Waals surface area contributed by atoms with Crippen LogP contribution in [0.3, 0.4) is 0 Å². The summed E-state index contributed by atoms with van der Waals surface area (Å²) in [5, 5.41) is 20.4. The smallest absolute Gasteiger partial charge is 0.481 e. The van der Waals surface area contributed by atoms with Crippen molar-refractivity contribution < 1.29 is 57.3 Å². The lowest BCUT2D eigenvalue weighted by Gasteiger charge is -2.56. The summed E-state index contributed by atoms with van der Waals surface area (Å²) < 4.78 is 41.6. The number of carbonyl (C=O) groups excluding carboxylic acids is 2. The average Bonchev–Trinajstić information content (AvgIpc) is 1.24. The molecule has 13 rings (SSSR count). The molecule has 20 heteroatoms. The number of carboxylic acid groups (broad SMARTS) is 2. The first-order valence-electron chi connectivity index (χ1n) is 31.4. The van der Waals surface area contributed by atoms with E-state index < -0.39 is 33.1 Å². The number of hydrogen-bond acceptors (Lipinski definition) is 12. The first-order chi connectivity index (χ1) is 41.1. The molecule has 16 nitrogen and oxygen atoms in total. The molecular formula is C68H86B3BrN4O12. The van der Waals surface area contributed by atoms with Crippen LogP contribution in [0.25, 0.3) is 21.8 Å². The summed E-state index contributed by atoms with van der Waals surface area (Å²) in [6.45, 7) is 29.7. The highest BCUT2D eigenvalue weighted by molar-refractivity contribution is 9.10. The molecule has 3 saturated heterocycles. The Labute approximate surface area is 527 Å². The number of halogens is 1. The van der Waals surface area contributed by atoms with E-state index in [1.54, 1.807) is 12.4 Å². The molecule has 7 fully saturated rings. The summed E-state index contributed by atoms with van der Waals surface area (Å²) in [7, 11) is -1.35. The lowest BCUT2D eigenvalue weighted by molar-refractivity contribution is -0.158. The molecule has 0 unspecified atom stereocenters. The van der Waals surface area contributed by atoms with Gasteiger partial charge in [-0.05, 0) is 212 Å². The van der Waals surface area contributed by atoms with Crippen molar-refractivity contribution in [3.8, 4) is 0 Å². The Balaban J connectivity index is 0.000000146. The SMILES string of the molecule is CC1(C)OB(B2OC(C)(C)C(C)(C)O2)OC1(C)C.Cc1ncc(C(=O)CC2CC3(C2)CC(C(=O)O)C3)c2c1ccn2Cc1ccc(B2OC(C)(C)C(C)(C)O2)cc1.Cc1ncc(C(=O)CC2CC3(C2)CC(C(=O)O)C3)c2c1ccn2Cc1ccc(Br)cc1. The Kier molecular flexibility index (Phi) is 16.8. The summed E-state index contributed by atoms with van der Waals surface area (Å²) in [4.78, 5) is 58.1. The van der Waals surface area contributed by atoms with Crippen molar-refractivity contribution in [1.82, 2.24) is 19.1 Å². The van der Waals surface area contributed by atoms with Crippen LogP contribution in [-0.2, 0) is 50.6 Å². The summed E-state index contributed by atoms with van der Waals surface area (Å²) in [6, 6.07) is 20.6. The highest BCUT2D eigenvalue weighted by atomic mass is 79.9. The second kappa shape index (κ2) is 23.0. The molecule has 3 aliphatic heterocycles. The quantitative estimate of drug-likeness (QED) is 0.0771. The predicted octanol–water partition coefficient (Wildman–Crippen LogP) is 13.0. The van der Waals surface area contributed by atoms with Crippen LogP contribution >= 0.6 is 15.9 Å². The second-order valence-electron chi connectivity index (χ2n) is 29.8. The van der Waals surface area contributed by atoms with Crippen LogP contribution in [0.15, 0.2) is 89.9 Å². The first-order valence-corrected chi connectivity index (χ1v) is 32.2. The van der Waals surface area contributed by atoms with E-state index in [1.807, 2.05) is 106 Å². The second-order valence-corrected chi connectivity index (χ2v) is 30.7. The monoisotopic (exact) mass is 1260 g/mol.